The summed E-state index contributed by atoms with van der Waals surface area (Å²) in [5, 5.41) is 0. The molecule has 0 aliphatic rings. The third-order valence-electron chi connectivity index (χ3n) is 2.93. The van der Waals surface area contributed by atoms with E-state index in [2.05, 4.69) is 0 Å². The van der Waals surface area contributed by atoms with Crippen molar-refractivity contribution in [3.05, 3.63) is 0 Å². The first kappa shape index (κ1) is 20.7. The summed E-state index contributed by atoms with van der Waals surface area (Å²) in [5.41, 5.74) is -0.0255. The van der Waals surface area contributed by atoms with Crippen LogP contribution in [0.4, 0.5) is 0 Å². The second-order valence-electron chi connectivity index (χ2n) is 4.39. The minimum absolute atomic E-state index is 0.0255. The van der Waals surface area contributed by atoms with E-state index in [1.165, 1.54) is 0 Å². The Hall–Kier alpha value is 0.380. The third-order valence-corrected chi connectivity index (χ3v) is 6.82. The molecule has 0 aromatic carbocycles. The van der Waals surface area contributed by atoms with Crippen molar-refractivity contribution in [2.24, 2.45) is 0 Å². The second kappa shape index (κ2) is 11.2. The van der Waals surface area contributed by atoms with Gasteiger partial charge in [-0.3, -0.25) is 9.13 Å². The largest absolute Gasteiger partial charge is 0.344 e. The molecule has 0 saturated carbocycles. The highest BCUT2D eigenvalue weighted by molar-refractivity contribution is 7.58. The Bertz CT molecular complexity index is 269. The van der Waals surface area contributed by atoms with Gasteiger partial charge in [-0.05, 0) is 19.8 Å². The standard InChI is InChI=1S/2C6H15O2P/c1-4-6(3)9(7,8)5-2;1-4-6(3)8-9(7)5-2/h6H,4-5H2,1-3H3,(H,7,8);6,9H,4-5H2,1-3H3. The lowest BCUT2D eigenvalue weighted by Crippen LogP contribution is -2.02. The van der Waals surface area contributed by atoms with Crippen LogP contribution in [0, 0.1) is 0 Å². The van der Waals surface area contributed by atoms with Crippen LogP contribution in [0.25, 0.3) is 0 Å². The molecule has 0 rings (SSSR count). The molecule has 6 heteroatoms. The highest BCUT2D eigenvalue weighted by Crippen LogP contribution is 2.46. The van der Waals surface area contributed by atoms with Crippen LogP contribution in [-0.4, -0.2) is 29.0 Å². The molecule has 4 atom stereocenters. The molecule has 0 amide bonds. The maximum absolute atomic E-state index is 11.1. The zero-order valence-electron chi connectivity index (χ0n) is 12.6. The molecular formula is C12H30O4P2. The second-order valence-corrected chi connectivity index (χ2v) is 9.10. The molecule has 0 saturated heterocycles. The van der Waals surface area contributed by atoms with E-state index in [1.54, 1.807) is 6.92 Å². The molecule has 0 fully saturated rings. The van der Waals surface area contributed by atoms with Crippen LogP contribution < -0.4 is 0 Å². The van der Waals surface area contributed by atoms with Crippen LogP contribution in [0.2, 0.25) is 0 Å². The molecule has 112 valence electrons. The van der Waals surface area contributed by atoms with Crippen molar-refractivity contribution in [2.45, 2.75) is 66.1 Å². The summed E-state index contributed by atoms with van der Waals surface area (Å²) in [6.45, 7) is 11.4. The first-order valence-corrected chi connectivity index (χ1v) is 10.2. The fourth-order valence-electron chi connectivity index (χ4n) is 0.988. The summed E-state index contributed by atoms with van der Waals surface area (Å²) in [6, 6.07) is 0. The van der Waals surface area contributed by atoms with E-state index in [-0.39, 0.29) is 11.8 Å². The molecule has 0 radical (unpaired) electrons. The predicted octanol–water partition coefficient (Wildman–Crippen LogP) is 4.37. The van der Waals surface area contributed by atoms with E-state index >= 15 is 0 Å². The van der Waals surface area contributed by atoms with Gasteiger partial charge in [0.25, 0.3) is 0 Å². The normalized spacial score (nSPS) is 19.1. The molecule has 0 heterocycles. The molecule has 0 spiro atoms. The van der Waals surface area contributed by atoms with Crippen molar-refractivity contribution in [1.82, 2.24) is 0 Å². The van der Waals surface area contributed by atoms with Gasteiger partial charge >= 0.3 is 0 Å². The van der Waals surface area contributed by atoms with Crippen LogP contribution in [0.3, 0.4) is 0 Å². The number of rotatable bonds is 7. The molecule has 4 unspecified atom stereocenters. The van der Waals surface area contributed by atoms with Gasteiger partial charge in [0.2, 0.25) is 7.37 Å². The topological polar surface area (TPSA) is 63.6 Å². The lowest BCUT2D eigenvalue weighted by atomic mass is 10.3. The van der Waals surface area contributed by atoms with Gasteiger partial charge in [-0.1, -0.05) is 34.6 Å². The first-order chi connectivity index (χ1) is 8.24. The van der Waals surface area contributed by atoms with Crippen molar-refractivity contribution in [3.63, 3.8) is 0 Å². The lowest BCUT2D eigenvalue weighted by molar-refractivity contribution is 0.231. The van der Waals surface area contributed by atoms with E-state index in [0.29, 0.717) is 12.3 Å². The van der Waals surface area contributed by atoms with Gasteiger partial charge in [-0.15, -0.1) is 0 Å². The fourth-order valence-corrected chi connectivity index (χ4v) is 2.96. The summed E-state index contributed by atoms with van der Waals surface area (Å²) in [4.78, 5) is 9.15. The molecule has 0 aliphatic carbocycles. The minimum Gasteiger partial charge on any atom is -0.344 e. The minimum atomic E-state index is -2.76. The maximum Gasteiger partial charge on any atom is 0.203 e. The highest BCUT2D eigenvalue weighted by Gasteiger charge is 2.21. The van der Waals surface area contributed by atoms with Gasteiger partial charge < -0.3 is 9.42 Å². The monoisotopic (exact) mass is 300 g/mol. The van der Waals surface area contributed by atoms with Crippen molar-refractivity contribution >= 4 is 15.4 Å². The Labute approximate surface area is 113 Å². The van der Waals surface area contributed by atoms with Gasteiger partial charge in [0, 0.05) is 18.0 Å². The van der Waals surface area contributed by atoms with E-state index in [1.807, 2.05) is 34.6 Å². The van der Waals surface area contributed by atoms with Crippen LogP contribution in [0.1, 0.15) is 54.4 Å². The van der Waals surface area contributed by atoms with Crippen LogP contribution in [-0.2, 0) is 13.7 Å². The van der Waals surface area contributed by atoms with Crippen molar-refractivity contribution in [2.75, 3.05) is 12.3 Å². The van der Waals surface area contributed by atoms with Crippen LogP contribution >= 0.6 is 15.4 Å². The van der Waals surface area contributed by atoms with E-state index < -0.39 is 15.4 Å². The molecule has 18 heavy (non-hydrogen) atoms. The van der Waals surface area contributed by atoms with Gasteiger partial charge in [0.15, 0.2) is 8.03 Å². The zero-order chi connectivity index (χ0) is 14.8. The van der Waals surface area contributed by atoms with Gasteiger partial charge in [0.1, 0.15) is 0 Å². The molecule has 0 aromatic rings. The Balaban J connectivity index is 0. The zero-order valence-corrected chi connectivity index (χ0v) is 14.5. The van der Waals surface area contributed by atoms with Gasteiger partial charge in [-0.2, -0.15) is 0 Å². The van der Waals surface area contributed by atoms with Crippen molar-refractivity contribution in [1.29, 1.82) is 0 Å². The molecule has 4 nitrogen and oxygen atoms in total. The van der Waals surface area contributed by atoms with Crippen molar-refractivity contribution in [3.8, 4) is 0 Å². The SMILES string of the molecule is CCC(C)O[PH](=O)CC.CCC(C)P(=O)(O)CC. The molecule has 1 N–H and O–H groups in total. The Kier molecular flexibility index (Phi) is 12.9. The van der Waals surface area contributed by atoms with Gasteiger partial charge in [-0.25, -0.2) is 0 Å². The molecule has 0 aliphatic heterocycles. The smallest absolute Gasteiger partial charge is 0.203 e. The Morgan fingerprint density at radius 2 is 1.67 bits per heavy atom. The molecular weight excluding hydrogens is 270 g/mol. The molecule has 0 bridgehead atoms. The summed E-state index contributed by atoms with van der Waals surface area (Å²) in [6.07, 6.45) is 2.96. The lowest BCUT2D eigenvalue weighted by Gasteiger charge is -2.14. The van der Waals surface area contributed by atoms with E-state index in [4.69, 9.17) is 9.42 Å². The maximum atomic E-state index is 11.1. The Morgan fingerprint density at radius 3 is 1.89 bits per heavy atom. The first-order valence-electron chi connectivity index (χ1n) is 6.75. The quantitative estimate of drug-likeness (QED) is 0.709. The predicted molar refractivity (Wildman–Crippen MR) is 80.5 cm³/mol. The average Bonchev–Trinajstić information content (AvgIpc) is 2.37. The summed E-state index contributed by atoms with van der Waals surface area (Å²) in [7, 11) is -4.45. The van der Waals surface area contributed by atoms with Crippen LogP contribution in [0.15, 0.2) is 0 Å². The number of hydrogen-bond donors (Lipinski definition) is 1. The fraction of sp³-hybridized carbons (Fsp3) is 1.00. The summed E-state index contributed by atoms with van der Waals surface area (Å²) in [5.74, 6) is 0. The van der Waals surface area contributed by atoms with E-state index in [0.717, 1.165) is 12.8 Å². The van der Waals surface area contributed by atoms with Gasteiger partial charge in [0.05, 0.1) is 6.10 Å². The summed E-state index contributed by atoms with van der Waals surface area (Å²) >= 11 is 0. The Morgan fingerprint density at radius 1 is 1.17 bits per heavy atom. The van der Waals surface area contributed by atoms with E-state index in [9.17, 15) is 9.13 Å². The average molecular weight is 300 g/mol. The summed E-state index contributed by atoms with van der Waals surface area (Å²) < 4.78 is 26.9. The van der Waals surface area contributed by atoms with Crippen LogP contribution in [0.5, 0.6) is 0 Å². The third kappa shape index (κ3) is 10.3. The van der Waals surface area contributed by atoms with Crippen molar-refractivity contribution < 1.29 is 18.5 Å². The number of hydrogen-bond acceptors (Lipinski definition) is 3. The molecule has 0 aromatic heterocycles. The highest BCUT2D eigenvalue weighted by atomic mass is 31.2.